The molecule has 0 radical (unpaired) electrons. The summed E-state index contributed by atoms with van der Waals surface area (Å²) < 4.78 is 57.5. The van der Waals surface area contributed by atoms with Gasteiger partial charge in [-0.15, -0.1) is 0 Å². The average molecular weight is 473 g/mol. The van der Waals surface area contributed by atoms with Gasteiger partial charge in [0.1, 0.15) is 0 Å². The third-order valence-corrected chi connectivity index (χ3v) is 6.65. The summed E-state index contributed by atoms with van der Waals surface area (Å²) in [6.45, 7) is 0.278. The molecular formula is C24H22F2N2O4S. The van der Waals surface area contributed by atoms with E-state index in [-0.39, 0.29) is 22.9 Å². The number of allylic oxidation sites excluding steroid dienone is 2. The van der Waals surface area contributed by atoms with E-state index in [0.717, 1.165) is 42.3 Å². The Balaban J connectivity index is 1.74. The molecule has 2 aromatic carbocycles. The monoisotopic (exact) mass is 472 g/mol. The lowest BCUT2D eigenvalue weighted by Crippen LogP contribution is -2.24. The SMILES string of the molecule is CS(=O)(=O)c1ccc(-c2cnn(-c3ccc(F)c(F)c3)c(=O)c2OCCC2C=CCC2)cc1. The Morgan fingerprint density at radius 3 is 2.52 bits per heavy atom. The van der Waals surface area contributed by atoms with Gasteiger partial charge in [-0.05, 0) is 55.0 Å². The van der Waals surface area contributed by atoms with Gasteiger partial charge < -0.3 is 4.74 Å². The molecule has 0 saturated carbocycles. The fraction of sp³-hybridized carbons (Fsp3) is 0.250. The van der Waals surface area contributed by atoms with Gasteiger partial charge in [-0.2, -0.15) is 9.78 Å². The van der Waals surface area contributed by atoms with Crippen LogP contribution in [0.1, 0.15) is 19.3 Å². The fourth-order valence-electron chi connectivity index (χ4n) is 3.71. The van der Waals surface area contributed by atoms with Crippen LogP contribution in [0.4, 0.5) is 8.78 Å². The summed E-state index contributed by atoms with van der Waals surface area (Å²) in [5.74, 6) is -1.76. The van der Waals surface area contributed by atoms with Gasteiger partial charge in [-0.3, -0.25) is 4.79 Å². The van der Waals surface area contributed by atoms with Crippen molar-refractivity contribution in [3.05, 3.63) is 82.8 Å². The van der Waals surface area contributed by atoms with Crippen molar-refractivity contribution in [2.24, 2.45) is 5.92 Å². The van der Waals surface area contributed by atoms with Crippen LogP contribution < -0.4 is 10.3 Å². The quantitative estimate of drug-likeness (QED) is 0.479. The van der Waals surface area contributed by atoms with Crippen molar-refractivity contribution in [1.29, 1.82) is 0 Å². The Kier molecular flexibility index (Phi) is 6.42. The maximum atomic E-state index is 13.7. The summed E-state index contributed by atoms with van der Waals surface area (Å²) in [7, 11) is -3.38. The zero-order valence-corrected chi connectivity index (χ0v) is 18.7. The summed E-state index contributed by atoms with van der Waals surface area (Å²) in [6, 6.07) is 9.08. The summed E-state index contributed by atoms with van der Waals surface area (Å²) in [6.07, 6.45) is 9.50. The molecule has 1 aromatic heterocycles. The van der Waals surface area contributed by atoms with Gasteiger partial charge in [0, 0.05) is 17.9 Å². The van der Waals surface area contributed by atoms with Crippen LogP contribution in [-0.2, 0) is 9.84 Å². The molecule has 33 heavy (non-hydrogen) atoms. The maximum Gasteiger partial charge on any atom is 0.314 e. The molecule has 0 aliphatic heterocycles. The van der Waals surface area contributed by atoms with Crippen LogP contribution in [0.2, 0.25) is 0 Å². The molecule has 1 aliphatic rings. The van der Waals surface area contributed by atoms with E-state index in [0.29, 0.717) is 17.0 Å². The molecule has 9 heteroatoms. The number of aromatic nitrogens is 2. The molecule has 0 amide bonds. The van der Waals surface area contributed by atoms with Gasteiger partial charge in [0.25, 0.3) is 0 Å². The van der Waals surface area contributed by atoms with Crippen LogP contribution >= 0.6 is 0 Å². The summed E-state index contributed by atoms with van der Waals surface area (Å²) >= 11 is 0. The second kappa shape index (κ2) is 9.27. The van der Waals surface area contributed by atoms with Gasteiger partial charge in [-0.25, -0.2) is 17.2 Å². The van der Waals surface area contributed by atoms with Crippen molar-refractivity contribution >= 4 is 9.84 Å². The third kappa shape index (κ3) is 5.03. The van der Waals surface area contributed by atoms with Crippen LogP contribution in [0.15, 0.2) is 70.5 Å². The molecule has 0 fully saturated rings. The lowest BCUT2D eigenvalue weighted by atomic mass is 10.1. The second-order valence-electron chi connectivity index (χ2n) is 7.90. The number of ether oxygens (including phenoxy) is 1. The second-order valence-corrected chi connectivity index (χ2v) is 9.92. The van der Waals surface area contributed by atoms with E-state index in [4.69, 9.17) is 4.74 Å². The van der Waals surface area contributed by atoms with Crippen molar-refractivity contribution in [2.75, 3.05) is 12.9 Å². The number of halogens is 2. The van der Waals surface area contributed by atoms with Crippen molar-refractivity contribution in [3.8, 4) is 22.6 Å². The summed E-state index contributed by atoms with van der Waals surface area (Å²) in [5.41, 5.74) is 0.343. The topological polar surface area (TPSA) is 78.3 Å². The van der Waals surface area contributed by atoms with Gasteiger partial charge in [-0.1, -0.05) is 24.3 Å². The normalized spacial score (nSPS) is 15.7. The minimum atomic E-state index is -3.38. The Morgan fingerprint density at radius 1 is 1.12 bits per heavy atom. The molecule has 3 aromatic rings. The van der Waals surface area contributed by atoms with Crippen LogP contribution in [0.3, 0.4) is 0 Å². The minimum absolute atomic E-state index is 0.00353. The van der Waals surface area contributed by atoms with E-state index >= 15 is 0 Å². The molecule has 0 bridgehead atoms. The molecule has 1 heterocycles. The fourth-order valence-corrected chi connectivity index (χ4v) is 4.34. The number of nitrogens with zero attached hydrogens (tertiary/aromatic N) is 2. The predicted octanol–water partition coefficient (Wildman–Crippen LogP) is 4.32. The summed E-state index contributed by atoms with van der Waals surface area (Å²) in [5, 5.41) is 4.12. The molecule has 4 rings (SSSR count). The maximum absolute atomic E-state index is 13.7. The Bertz CT molecular complexity index is 1370. The highest BCUT2D eigenvalue weighted by molar-refractivity contribution is 7.90. The van der Waals surface area contributed by atoms with Crippen molar-refractivity contribution in [3.63, 3.8) is 0 Å². The highest BCUT2D eigenvalue weighted by atomic mass is 32.2. The number of hydrogen-bond donors (Lipinski definition) is 0. The first-order valence-corrected chi connectivity index (χ1v) is 12.3. The highest BCUT2D eigenvalue weighted by Crippen LogP contribution is 2.29. The van der Waals surface area contributed by atoms with Crippen molar-refractivity contribution in [1.82, 2.24) is 9.78 Å². The third-order valence-electron chi connectivity index (χ3n) is 5.52. The zero-order valence-electron chi connectivity index (χ0n) is 17.9. The molecule has 0 saturated heterocycles. The molecular weight excluding hydrogens is 450 g/mol. The Labute approximate surface area is 190 Å². The lowest BCUT2D eigenvalue weighted by molar-refractivity contribution is 0.286. The Morgan fingerprint density at radius 2 is 1.88 bits per heavy atom. The lowest BCUT2D eigenvalue weighted by Gasteiger charge is -2.15. The minimum Gasteiger partial charge on any atom is -0.487 e. The molecule has 1 atom stereocenters. The molecule has 172 valence electrons. The van der Waals surface area contributed by atoms with Crippen LogP contribution in [0, 0.1) is 17.6 Å². The van der Waals surface area contributed by atoms with Gasteiger partial charge in [0.05, 0.1) is 23.4 Å². The van der Waals surface area contributed by atoms with Crippen molar-refractivity contribution < 1.29 is 21.9 Å². The summed E-state index contributed by atoms with van der Waals surface area (Å²) in [4.78, 5) is 13.4. The predicted molar refractivity (Wildman–Crippen MR) is 120 cm³/mol. The van der Waals surface area contributed by atoms with E-state index in [1.807, 2.05) is 0 Å². The van der Waals surface area contributed by atoms with Crippen LogP contribution in [-0.4, -0.2) is 31.1 Å². The number of benzene rings is 2. The molecule has 1 unspecified atom stereocenters. The first kappa shape index (κ1) is 22.8. The molecule has 0 N–H and O–H groups in total. The number of sulfone groups is 1. The zero-order chi connectivity index (χ0) is 23.6. The first-order valence-electron chi connectivity index (χ1n) is 10.4. The van der Waals surface area contributed by atoms with E-state index in [1.165, 1.54) is 24.4 Å². The van der Waals surface area contributed by atoms with Crippen LogP contribution in [0.25, 0.3) is 16.8 Å². The smallest absolute Gasteiger partial charge is 0.314 e. The van der Waals surface area contributed by atoms with Crippen LogP contribution in [0.5, 0.6) is 5.75 Å². The molecule has 6 nitrogen and oxygen atoms in total. The van der Waals surface area contributed by atoms with E-state index in [1.54, 1.807) is 12.1 Å². The van der Waals surface area contributed by atoms with Gasteiger partial charge in [0.15, 0.2) is 27.2 Å². The van der Waals surface area contributed by atoms with Crippen molar-refractivity contribution in [2.45, 2.75) is 24.2 Å². The highest BCUT2D eigenvalue weighted by Gasteiger charge is 2.18. The van der Waals surface area contributed by atoms with Gasteiger partial charge >= 0.3 is 5.56 Å². The molecule has 1 aliphatic carbocycles. The van der Waals surface area contributed by atoms with Gasteiger partial charge in [0.2, 0.25) is 0 Å². The number of rotatable bonds is 7. The first-order chi connectivity index (χ1) is 15.7. The van der Waals surface area contributed by atoms with E-state index < -0.39 is 27.0 Å². The van der Waals surface area contributed by atoms with E-state index in [9.17, 15) is 22.0 Å². The number of hydrogen-bond acceptors (Lipinski definition) is 5. The molecule has 0 spiro atoms. The standard InChI is InChI=1S/C24H22F2N2O4S/c1-33(30,31)19-9-6-17(7-10-19)20-15-27-28(18-8-11-21(25)22(26)14-18)24(29)23(20)32-13-12-16-4-2-3-5-16/h2,4,6-11,14-16H,3,5,12-13H2,1H3. The Hall–Kier alpha value is -3.33. The van der Waals surface area contributed by atoms with E-state index in [2.05, 4.69) is 17.3 Å². The largest absolute Gasteiger partial charge is 0.487 e. The average Bonchev–Trinajstić information content (AvgIpc) is 3.30.